The van der Waals surface area contributed by atoms with Gasteiger partial charge in [0.15, 0.2) is 5.58 Å². The predicted molar refractivity (Wildman–Crippen MR) is 83.3 cm³/mol. The first-order chi connectivity index (χ1) is 10.6. The summed E-state index contributed by atoms with van der Waals surface area (Å²) in [6.07, 6.45) is 6.23. The fraction of sp³-hybridized carbons (Fsp3) is 0.0714. The molecular weight excluding hydrogens is 350 g/mol. The number of aromatic nitrogens is 5. The van der Waals surface area contributed by atoms with Crippen LogP contribution >= 0.6 is 15.9 Å². The Kier molecular flexibility index (Phi) is 2.80. The van der Waals surface area contributed by atoms with Crippen LogP contribution in [0.4, 0.5) is 0 Å². The van der Waals surface area contributed by atoms with Crippen LogP contribution in [-0.2, 0) is 7.05 Å². The molecule has 0 aromatic carbocycles. The Bertz CT molecular complexity index is 1070. The first-order valence-corrected chi connectivity index (χ1v) is 7.14. The molecule has 4 rings (SSSR count). The lowest BCUT2D eigenvalue weighted by Crippen LogP contribution is -2.20. The van der Waals surface area contributed by atoms with E-state index in [1.54, 1.807) is 25.6 Å². The molecule has 0 radical (unpaired) electrons. The summed E-state index contributed by atoms with van der Waals surface area (Å²) in [6.45, 7) is 0. The minimum atomic E-state index is -0.381. The van der Waals surface area contributed by atoms with Crippen LogP contribution in [0.5, 0.6) is 0 Å². The zero-order valence-electron chi connectivity index (χ0n) is 11.3. The Morgan fingerprint density at radius 3 is 2.77 bits per heavy atom. The van der Waals surface area contributed by atoms with E-state index in [4.69, 9.17) is 4.42 Å². The lowest BCUT2D eigenvalue weighted by Gasteiger charge is -2.03. The fourth-order valence-electron chi connectivity index (χ4n) is 2.37. The van der Waals surface area contributed by atoms with Gasteiger partial charge in [-0.05, 0) is 22.0 Å². The van der Waals surface area contributed by atoms with Crippen LogP contribution < -0.4 is 5.69 Å². The number of aryl methyl sites for hydroxylation is 1. The van der Waals surface area contributed by atoms with Gasteiger partial charge in [0.1, 0.15) is 17.5 Å². The lowest BCUT2D eigenvalue weighted by atomic mass is 10.2. The Morgan fingerprint density at radius 1 is 1.23 bits per heavy atom. The van der Waals surface area contributed by atoms with Crippen molar-refractivity contribution in [2.75, 3.05) is 0 Å². The third kappa shape index (κ3) is 1.84. The molecule has 0 saturated carbocycles. The summed E-state index contributed by atoms with van der Waals surface area (Å²) in [7, 11) is 1.65. The van der Waals surface area contributed by atoms with E-state index in [-0.39, 0.29) is 5.69 Å². The van der Waals surface area contributed by atoms with Gasteiger partial charge in [-0.1, -0.05) is 0 Å². The SMILES string of the molecule is Cn1c(=O)nc(-c2cncnc2)c2oc3ncc(Br)cc3c21. The molecule has 0 bridgehead atoms. The number of hydrogen-bond donors (Lipinski definition) is 0. The topological polar surface area (TPSA) is 86.7 Å². The van der Waals surface area contributed by atoms with E-state index in [9.17, 15) is 4.79 Å². The molecule has 0 spiro atoms. The van der Waals surface area contributed by atoms with Crippen molar-refractivity contribution < 1.29 is 4.42 Å². The average molecular weight is 358 g/mol. The molecular formula is C14H8BrN5O2. The number of furan rings is 1. The van der Waals surface area contributed by atoms with Gasteiger partial charge in [-0.2, -0.15) is 4.98 Å². The van der Waals surface area contributed by atoms with E-state index in [1.165, 1.54) is 10.9 Å². The highest BCUT2D eigenvalue weighted by atomic mass is 79.9. The van der Waals surface area contributed by atoms with Crippen molar-refractivity contribution in [3.8, 4) is 11.3 Å². The van der Waals surface area contributed by atoms with Crippen molar-refractivity contribution in [3.05, 3.63) is 45.9 Å². The van der Waals surface area contributed by atoms with Crippen LogP contribution in [-0.4, -0.2) is 24.5 Å². The molecule has 22 heavy (non-hydrogen) atoms. The summed E-state index contributed by atoms with van der Waals surface area (Å²) in [4.78, 5) is 28.4. The molecule has 0 fully saturated rings. The highest BCUT2D eigenvalue weighted by Crippen LogP contribution is 2.32. The van der Waals surface area contributed by atoms with Crippen LogP contribution in [0.25, 0.3) is 33.5 Å². The number of rotatable bonds is 1. The summed E-state index contributed by atoms with van der Waals surface area (Å²) in [5.74, 6) is 0. The normalized spacial score (nSPS) is 11.4. The lowest BCUT2D eigenvalue weighted by molar-refractivity contribution is 0.648. The van der Waals surface area contributed by atoms with Crippen molar-refractivity contribution in [1.82, 2.24) is 24.5 Å². The molecule has 0 N–H and O–H groups in total. The second-order valence-corrected chi connectivity index (χ2v) is 5.63. The van der Waals surface area contributed by atoms with Gasteiger partial charge in [0.2, 0.25) is 5.71 Å². The minimum Gasteiger partial charge on any atom is -0.434 e. The molecule has 0 amide bonds. The Hall–Kier alpha value is -2.61. The van der Waals surface area contributed by atoms with E-state index >= 15 is 0 Å². The monoisotopic (exact) mass is 357 g/mol. The second-order valence-electron chi connectivity index (χ2n) is 4.72. The maximum absolute atomic E-state index is 12.2. The van der Waals surface area contributed by atoms with E-state index in [2.05, 4.69) is 35.9 Å². The van der Waals surface area contributed by atoms with Crippen LogP contribution in [0.2, 0.25) is 0 Å². The van der Waals surface area contributed by atoms with E-state index in [0.29, 0.717) is 28.1 Å². The maximum atomic E-state index is 12.2. The van der Waals surface area contributed by atoms with Crippen LogP contribution in [0, 0.1) is 0 Å². The highest BCUT2D eigenvalue weighted by molar-refractivity contribution is 9.10. The van der Waals surface area contributed by atoms with Crippen molar-refractivity contribution in [2.24, 2.45) is 7.05 Å². The number of hydrogen-bond acceptors (Lipinski definition) is 6. The minimum absolute atomic E-state index is 0.381. The van der Waals surface area contributed by atoms with E-state index < -0.39 is 0 Å². The quantitative estimate of drug-likeness (QED) is 0.519. The van der Waals surface area contributed by atoms with Gasteiger partial charge in [-0.3, -0.25) is 4.57 Å². The van der Waals surface area contributed by atoms with Gasteiger partial charge in [-0.15, -0.1) is 0 Å². The highest BCUT2D eigenvalue weighted by Gasteiger charge is 2.19. The molecule has 4 aromatic rings. The Morgan fingerprint density at radius 2 is 2.00 bits per heavy atom. The van der Waals surface area contributed by atoms with Crippen molar-refractivity contribution in [2.45, 2.75) is 0 Å². The van der Waals surface area contributed by atoms with Crippen LogP contribution in [0.3, 0.4) is 0 Å². The van der Waals surface area contributed by atoms with Crippen molar-refractivity contribution in [1.29, 1.82) is 0 Å². The molecule has 7 nitrogen and oxygen atoms in total. The van der Waals surface area contributed by atoms with Crippen molar-refractivity contribution >= 4 is 38.1 Å². The van der Waals surface area contributed by atoms with Gasteiger partial charge in [0, 0.05) is 35.7 Å². The Balaban J connectivity index is 2.22. The zero-order valence-corrected chi connectivity index (χ0v) is 12.9. The first-order valence-electron chi connectivity index (χ1n) is 6.35. The van der Waals surface area contributed by atoms with Gasteiger partial charge < -0.3 is 4.42 Å². The summed E-state index contributed by atoms with van der Waals surface area (Å²) in [5, 5.41) is 0.740. The van der Waals surface area contributed by atoms with Gasteiger partial charge in [0.05, 0.1) is 5.39 Å². The average Bonchev–Trinajstić information content (AvgIpc) is 2.90. The molecule has 4 heterocycles. The number of fused-ring (bicyclic) bond motifs is 3. The largest absolute Gasteiger partial charge is 0.434 e. The van der Waals surface area contributed by atoms with E-state index in [1.807, 2.05) is 6.07 Å². The van der Waals surface area contributed by atoms with Gasteiger partial charge in [0.25, 0.3) is 0 Å². The van der Waals surface area contributed by atoms with Gasteiger partial charge >= 0.3 is 5.69 Å². The molecule has 4 aromatic heterocycles. The predicted octanol–water partition coefficient (Wildman–Crippen LogP) is 2.29. The second kappa shape index (κ2) is 4.70. The van der Waals surface area contributed by atoms with Crippen LogP contribution in [0.15, 0.2) is 44.7 Å². The standard InChI is InChI=1S/C14H8BrN5O2/c1-20-11-9-2-8(15)5-18-13(9)22-12(11)10(19-14(20)21)7-3-16-6-17-4-7/h2-6H,1H3. The van der Waals surface area contributed by atoms with Crippen LogP contribution in [0.1, 0.15) is 0 Å². The smallest absolute Gasteiger partial charge is 0.348 e. The molecule has 0 unspecified atom stereocenters. The summed E-state index contributed by atoms with van der Waals surface area (Å²) >= 11 is 3.38. The first kappa shape index (κ1) is 13.1. The van der Waals surface area contributed by atoms with E-state index in [0.717, 1.165) is 9.86 Å². The molecule has 8 heteroatoms. The number of halogens is 1. The molecule has 0 atom stereocenters. The third-order valence-electron chi connectivity index (χ3n) is 3.37. The maximum Gasteiger partial charge on any atom is 0.348 e. The molecule has 108 valence electrons. The Labute approximate surface area is 131 Å². The number of pyridine rings is 1. The molecule has 0 aliphatic rings. The molecule has 0 saturated heterocycles. The van der Waals surface area contributed by atoms with Gasteiger partial charge in [-0.25, -0.2) is 19.7 Å². The third-order valence-corrected chi connectivity index (χ3v) is 3.80. The summed E-state index contributed by atoms with van der Waals surface area (Å²) in [5.41, 5.74) is 2.21. The van der Waals surface area contributed by atoms with Crippen molar-refractivity contribution in [3.63, 3.8) is 0 Å². The molecule has 0 aliphatic carbocycles. The zero-order chi connectivity index (χ0) is 15.3. The molecule has 0 aliphatic heterocycles. The summed E-state index contributed by atoms with van der Waals surface area (Å²) < 4.78 is 8.07. The summed E-state index contributed by atoms with van der Waals surface area (Å²) in [6, 6.07) is 1.86. The fourth-order valence-corrected chi connectivity index (χ4v) is 2.70. The number of nitrogens with zero attached hydrogens (tertiary/aromatic N) is 5.